The molecule has 1 fully saturated rings. The van der Waals surface area contributed by atoms with Gasteiger partial charge in [0.1, 0.15) is 16.2 Å². The van der Waals surface area contributed by atoms with Gasteiger partial charge in [-0.15, -0.1) is 11.3 Å². The van der Waals surface area contributed by atoms with Crippen LogP contribution in [0.4, 0.5) is 0 Å². The van der Waals surface area contributed by atoms with E-state index < -0.39 is 5.97 Å². The molecule has 134 valence electrons. The predicted octanol–water partition coefficient (Wildman–Crippen LogP) is 3.06. The van der Waals surface area contributed by atoms with E-state index in [1.54, 1.807) is 22.6 Å². The molecule has 0 aromatic carbocycles. The summed E-state index contributed by atoms with van der Waals surface area (Å²) in [7, 11) is 0. The van der Waals surface area contributed by atoms with Crippen molar-refractivity contribution in [1.82, 2.24) is 14.9 Å². The smallest absolute Gasteiger partial charge is 0.306 e. The summed E-state index contributed by atoms with van der Waals surface area (Å²) < 4.78 is 0. The standard InChI is InChI=1S/C17H21N3O3S2/c1-3-12-8-13-14(18-9-19-15(13)25-12)24-10(2)16(21)20-6-4-11(5-7-20)17(22)23/h8-11H,3-7H2,1-2H3,(H,22,23). The number of nitrogens with zero attached hydrogens (tertiary/aromatic N) is 3. The summed E-state index contributed by atoms with van der Waals surface area (Å²) in [6.45, 7) is 5.02. The highest BCUT2D eigenvalue weighted by atomic mass is 32.2. The molecule has 1 atom stereocenters. The first-order valence-electron chi connectivity index (χ1n) is 8.41. The molecule has 0 saturated carbocycles. The largest absolute Gasteiger partial charge is 0.481 e. The highest BCUT2D eigenvalue weighted by molar-refractivity contribution is 8.00. The van der Waals surface area contributed by atoms with Crippen LogP contribution in [0, 0.1) is 5.92 Å². The minimum Gasteiger partial charge on any atom is -0.481 e. The van der Waals surface area contributed by atoms with Crippen LogP contribution >= 0.6 is 23.1 Å². The van der Waals surface area contributed by atoms with Crippen LogP contribution in [0.25, 0.3) is 10.2 Å². The molecule has 6 nitrogen and oxygen atoms in total. The van der Waals surface area contributed by atoms with E-state index in [0.717, 1.165) is 21.7 Å². The minimum absolute atomic E-state index is 0.0477. The van der Waals surface area contributed by atoms with Crippen molar-refractivity contribution in [3.63, 3.8) is 0 Å². The average molecular weight is 380 g/mol. The molecule has 1 saturated heterocycles. The topological polar surface area (TPSA) is 83.4 Å². The zero-order valence-electron chi connectivity index (χ0n) is 14.3. The van der Waals surface area contributed by atoms with E-state index >= 15 is 0 Å². The Kier molecular flexibility index (Phi) is 5.58. The van der Waals surface area contributed by atoms with Crippen molar-refractivity contribution >= 4 is 45.2 Å². The molecule has 25 heavy (non-hydrogen) atoms. The van der Waals surface area contributed by atoms with Crippen LogP contribution in [0.3, 0.4) is 0 Å². The van der Waals surface area contributed by atoms with Crippen molar-refractivity contribution in [3.05, 3.63) is 17.3 Å². The lowest BCUT2D eigenvalue weighted by Crippen LogP contribution is -2.43. The van der Waals surface area contributed by atoms with Crippen molar-refractivity contribution in [2.24, 2.45) is 5.92 Å². The Labute approximate surface area is 154 Å². The second-order valence-electron chi connectivity index (χ2n) is 6.16. The number of carboxylic acid groups (broad SMARTS) is 1. The summed E-state index contributed by atoms with van der Waals surface area (Å²) in [5.74, 6) is -1.04. The molecule has 1 unspecified atom stereocenters. The van der Waals surface area contributed by atoms with E-state index in [-0.39, 0.29) is 17.1 Å². The molecule has 1 aliphatic heterocycles. The average Bonchev–Trinajstić information content (AvgIpc) is 3.05. The fraction of sp³-hybridized carbons (Fsp3) is 0.529. The summed E-state index contributed by atoms with van der Waals surface area (Å²) >= 11 is 3.12. The highest BCUT2D eigenvalue weighted by Gasteiger charge is 2.29. The molecular weight excluding hydrogens is 358 g/mol. The lowest BCUT2D eigenvalue weighted by Gasteiger charge is -2.31. The van der Waals surface area contributed by atoms with Crippen LogP contribution in [0.2, 0.25) is 0 Å². The third-order valence-electron chi connectivity index (χ3n) is 4.48. The van der Waals surface area contributed by atoms with Crippen LogP contribution in [0.15, 0.2) is 17.4 Å². The van der Waals surface area contributed by atoms with Gasteiger partial charge in [0.05, 0.1) is 11.2 Å². The predicted molar refractivity (Wildman–Crippen MR) is 99.1 cm³/mol. The first-order valence-corrected chi connectivity index (χ1v) is 10.1. The number of carbonyl (C=O) groups excluding carboxylic acids is 1. The van der Waals surface area contributed by atoms with E-state index in [4.69, 9.17) is 5.11 Å². The second-order valence-corrected chi connectivity index (χ2v) is 8.61. The van der Waals surface area contributed by atoms with Crippen LogP contribution in [-0.4, -0.2) is 50.2 Å². The number of likely N-dealkylation sites (tertiary alicyclic amines) is 1. The summed E-state index contributed by atoms with van der Waals surface area (Å²) in [4.78, 5) is 36.4. The number of aryl methyl sites for hydroxylation is 1. The molecule has 1 amide bonds. The maximum Gasteiger partial charge on any atom is 0.306 e. The third-order valence-corrected chi connectivity index (χ3v) is 6.78. The molecule has 8 heteroatoms. The molecule has 3 rings (SSSR count). The highest BCUT2D eigenvalue weighted by Crippen LogP contribution is 2.33. The molecule has 1 N–H and O–H groups in total. The lowest BCUT2D eigenvalue weighted by atomic mass is 9.97. The van der Waals surface area contributed by atoms with Gasteiger partial charge in [0.25, 0.3) is 0 Å². The maximum atomic E-state index is 12.7. The maximum absolute atomic E-state index is 12.7. The Morgan fingerprint density at radius 3 is 2.76 bits per heavy atom. The molecule has 0 spiro atoms. The Bertz CT molecular complexity index is 785. The monoisotopic (exact) mass is 379 g/mol. The van der Waals surface area contributed by atoms with Crippen LogP contribution in [0.5, 0.6) is 0 Å². The van der Waals surface area contributed by atoms with Crippen LogP contribution in [-0.2, 0) is 16.0 Å². The number of carboxylic acids is 1. The Hall–Kier alpha value is -1.67. The van der Waals surface area contributed by atoms with Crippen molar-refractivity contribution in [2.45, 2.75) is 43.4 Å². The first-order chi connectivity index (χ1) is 12.0. The van der Waals surface area contributed by atoms with Gasteiger partial charge in [0, 0.05) is 23.4 Å². The third kappa shape index (κ3) is 3.95. The van der Waals surface area contributed by atoms with Crippen LogP contribution in [0.1, 0.15) is 31.6 Å². The van der Waals surface area contributed by atoms with E-state index in [1.807, 2.05) is 6.92 Å². The number of aromatic nitrogens is 2. The number of thiophene rings is 1. The lowest BCUT2D eigenvalue weighted by molar-refractivity contribution is -0.145. The summed E-state index contributed by atoms with van der Waals surface area (Å²) in [6, 6.07) is 2.11. The Morgan fingerprint density at radius 1 is 1.40 bits per heavy atom. The number of fused-ring (bicyclic) bond motifs is 1. The van der Waals surface area contributed by atoms with E-state index in [0.29, 0.717) is 25.9 Å². The van der Waals surface area contributed by atoms with Gasteiger partial charge < -0.3 is 10.0 Å². The van der Waals surface area contributed by atoms with Gasteiger partial charge in [-0.2, -0.15) is 0 Å². The van der Waals surface area contributed by atoms with Gasteiger partial charge in [0.2, 0.25) is 5.91 Å². The van der Waals surface area contributed by atoms with Gasteiger partial charge in [-0.25, -0.2) is 9.97 Å². The Morgan fingerprint density at radius 2 is 2.12 bits per heavy atom. The van der Waals surface area contributed by atoms with E-state index in [9.17, 15) is 9.59 Å². The fourth-order valence-electron chi connectivity index (χ4n) is 2.97. The van der Waals surface area contributed by atoms with Crippen molar-refractivity contribution < 1.29 is 14.7 Å². The van der Waals surface area contributed by atoms with Gasteiger partial charge in [-0.05, 0) is 32.3 Å². The normalized spacial score (nSPS) is 17.0. The number of hydrogen-bond donors (Lipinski definition) is 1. The van der Waals surface area contributed by atoms with Gasteiger partial charge in [-0.3, -0.25) is 9.59 Å². The minimum atomic E-state index is -0.762. The zero-order valence-corrected chi connectivity index (χ0v) is 15.9. The molecule has 0 aliphatic carbocycles. The van der Waals surface area contributed by atoms with Crippen LogP contribution < -0.4 is 0 Å². The van der Waals surface area contributed by atoms with Crippen molar-refractivity contribution in [1.29, 1.82) is 0 Å². The number of thioether (sulfide) groups is 1. The summed E-state index contributed by atoms with van der Waals surface area (Å²) in [5, 5.41) is 10.7. The summed E-state index contributed by atoms with van der Waals surface area (Å²) in [6.07, 6.45) is 3.56. The zero-order chi connectivity index (χ0) is 18.0. The number of rotatable bonds is 5. The number of hydrogen-bond acceptors (Lipinski definition) is 6. The quantitative estimate of drug-likeness (QED) is 0.635. The van der Waals surface area contributed by atoms with Crippen molar-refractivity contribution in [2.75, 3.05) is 13.1 Å². The summed E-state index contributed by atoms with van der Waals surface area (Å²) in [5.41, 5.74) is 0. The van der Waals surface area contributed by atoms with Gasteiger partial charge in [0.15, 0.2) is 0 Å². The number of aliphatic carboxylic acids is 1. The van der Waals surface area contributed by atoms with Gasteiger partial charge in [-0.1, -0.05) is 18.7 Å². The molecule has 1 aliphatic rings. The van der Waals surface area contributed by atoms with E-state index in [1.165, 1.54) is 16.6 Å². The molecular formula is C17H21N3O3S2. The molecule has 2 aromatic rings. The SMILES string of the molecule is CCc1cc2c(SC(C)C(=O)N3CCC(C(=O)O)CC3)ncnc2s1. The molecule has 2 aromatic heterocycles. The molecule has 0 bridgehead atoms. The first kappa shape index (κ1) is 18.1. The molecule has 0 radical (unpaired) electrons. The van der Waals surface area contributed by atoms with Crippen molar-refractivity contribution in [3.8, 4) is 0 Å². The van der Waals surface area contributed by atoms with E-state index in [2.05, 4.69) is 23.0 Å². The molecule has 3 heterocycles. The second kappa shape index (κ2) is 7.70. The number of carbonyl (C=O) groups is 2. The fourth-order valence-corrected chi connectivity index (χ4v) is 4.95. The van der Waals surface area contributed by atoms with Gasteiger partial charge >= 0.3 is 5.97 Å². The Balaban J connectivity index is 1.68. The number of piperidine rings is 1. The number of amides is 1.